The standard InChI is InChI=1S/C16H20N4O/c1-2-20-12-15(11-18-20)16(21)19-9-5-14(6-10-19)13-3-7-17-8-4-13/h3-4,7-8,11-12,14H,2,5-6,9-10H2,1H3. The van der Waals surface area contributed by atoms with E-state index in [1.54, 1.807) is 10.9 Å². The van der Waals surface area contributed by atoms with Crippen LogP contribution < -0.4 is 0 Å². The van der Waals surface area contributed by atoms with Crippen LogP contribution in [0, 0.1) is 0 Å². The number of carbonyl (C=O) groups is 1. The van der Waals surface area contributed by atoms with Gasteiger partial charge in [0.25, 0.3) is 5.91 Å². The Hall–Kier alpha value is -2.17. The first kappa shape index (κ1) is 13.8. The molecule has 0 bridgehead atoms. The summed E-state index contributed by atoms with van der Waals surface area (Å²) in [6.45, 7) is 4.42. The van der Waals surface area contributed by atoms with Crippen LogP contribution in [0.2, 0.25) is 0 Å². The van der Waals surface area contributed by atoms with E-state index < -0.39 is 0 Å². The first-order valence-corrected chi connectivity index (χ1v) is 7.49. The molecular weight excluding hydrogens is 264 g/mol. The summed E-state index contributed by atoms with van der Waals surface area (Å²) < 4.78 is 1.79. The van der Waals surface area contributed by atoms with E-state index in [4.69, 9.17) is 0 Å². The fourth-order valence-electron chi connectivity index (χ4n) is 2.88. The van der Waals surface area contributed by atoms with Crippen molar-refractivity contribution < 1.29 is 4.79 Å². The van der Waals surface area contributed by atoms with Crippen LogP contribution in [0.25, 0.3) is 0 Å². The van der Waals surface area contributed by atoms with E-state index >= 15 is 0 Å². The Bertz CT molecular complexity index is 600. The molecule has 2 aromatic rings. The predicted molar refractivity (Wildman–Crippen MR) is 80.0 cm³/mol. The van der Waals surface area contributed by atoms with Crippen molar-refractivity contribution in [3.63, 3.8) is 0 Å². The summed E-state index contributed by atoms with van der Waals surface area (Å²) in [5.41, 5.74) is 2.02. The highest BCUT2D eigenvalue weighted by atomic mass is 16.2. The molecule has 0 N–H and O–H groups in total. The second kappa shape index (κ2) is 6.08. The number of pyridine rings is 1. The van der Waals surface area contributed by atoms with Crippen LogP contribution in [0.15, 0.2) is 36.9 Å². The zero-order chi connectivity index (χ0) is 14.7. The third kappa shape index (κ3) is 2.96. The number of aryl methyl sites for hydroxylation is 1. The monoisotopic (exact) mass is 284 g/mol. The van der Waals surface area contributed by atoms with Gasteiger partial charge < -0.3 is 4.90 Å². The summed E-state index contributed by atoms with van der Waals surface area (Å²) in [4.78, 5) is 18.4. The number of hydrogen-bond donors (Lipinski definition) is 0. The fourth-order valence-corrected chi connectivity index (χ4v) is 2.88. The lowest BCUT2D eigenvalue weighted by atomic mass is 9.90. The molecule has 5 nitrogen and oxygen atoms in total. The summed E-state index contributed by atoms with van der Waals surface area (Å²) in [6, 6.07) is 4.15. The van der Waals surface area contributed by atoms with E-state index in [9.17, 15) is 4.79 Å². The number of piperidine rings is 1. The molecule has 0 aromatic carbocycles. The highest BCUT2D eigenvalue weighted by Gasteiger charge is 2.25. The van der Waals surface area contributed by atoms with Gasteiger partial charge in [-0.2, -0.15) is 5.10 Å². The van der Waals surface area contributed by atoms with Crippen molar-refractivity contribution in [3.8, 4) is 0 Å². The van der Waals surface area contributed by atoms with Gasteiger partial charge in [-0.15, -0.1) is 0 Å². The van der Waals surface area contributed by atoms with Crippen molar-refractivity contribution in [1.82, 2.24) is 19.7 Å². The van der Waals surface area contributed by atoms with E-state index in [-0.39, 0.29) is 5.91 Å². The van der Waals surface area contributed by atoms with Crippen molar-refractivity contribution >= 4 is 5.91 Å². The van der Waals surface area contributed by atoms with Gasteiger partial charge in [0.05, 0.1) is 11.8 Å². The average molecular weight is 284 g/mol. The van der Waals surface area contributed by atoms with Gasteiger partial charge >= 0.3 is 0 Å². The zero-order valence-electron chi connectivity index (χ0n) is 12.3. The number of aromatic nitrogens is 3. The highest BCUT2D eigenvalue weighted by molar-refractivity contribution is 5.93. The molecule has 110 valence electrons. The number of carbonyl (C=O) groups excluding carboxylic acids is 1. The Morgan fingerprint density at radius 1 is 1.29 bits per heavy atom. The molecule has 0 radical (unpaired) electrons. The van der Waals surface area contributed by atoms with Crippen LogP contribution in [0.5, 0.6) is 0 Å². The Labute approximate surface area is 124 Å². The highest BCUT2D eigenvalue weighted by Crippen LogP contribution is 2.28. The molecule has 5 heteroatoms. The Kier molecular flexibility index (Phi) is 3.99. The van der Waals surface area contributed by atoms with Gasteiger partial charge in [0, 0.05) is 38.2 Å². The first-order chi connectivity index (χ1) is 10.3. The third-order valence-electron chi connectivity index (χ3n) is 4.16. The molecule has 21 heavy (non-hydrogen) atoms. The quantitative estimate of drug-likeness (QED) is 0.869. The molecule has 1 fully saturated rings. The Balaban J connectivity index is 1.61. The largest absolute Gasteiger partial charge is 0.339 e. The lowest BCUT2D eigenvalue weighted by molar-refractivity contribution is 0.0713. The molecule has 2 aromatic heterocycles. The second-order valence-corrected chi connectivity index (χ2v) is 5.43. The van der Waals surface area contributed by atoms with Crippen molar-refractivity contribution in [2.24, 2.45) is 0 Å². The van der Waals surface area contributed by atoms with Crippen molar-refractivity contribution in [3.05, 3.63) is 48.0 Å². The molecule has 1 saturated heterocycles. The summed E-state index contributed by atoms with van der Waals surface area (Å²) in [7, 11) is 0. The topological polar surface area (TPSA) is 51.0 Å². The molecule has 1 amide bonds. The number of amides is 1. The van der Waals surface area contributed by atoms with Gasteiger partial charge in [0.2, 0.25) is 0 Å². The van der Waals surface area contributed by atoms with Crippen LogP contribution in [0.1, 0.15) is 41.6 Å². The SMILES string of the molecule is CCn1cc(C(=O)N2CCC(c3ccncc3)CC2)cn1. The molecule has 0 aliphatic carbocycles. The fraction of sp³-hybridized carbons (Fsp3) is 0.438. The molecule has 1 aliphatic rings. The smallest absolute Gasteiger partial charge is 0.257 e. The summed E-state index contributed by atoms with van der Waals surface area (Å²) in [5.74, 6) is 0.637. The number of rotatable bonds is 3. The van der Waals surface area contributed by atoms with Gasteiger partial charge in [0.1, 0.15) is 0 Å². The molecule has 3 heterocycles. The maximum Gasteiger partial charge on any atom is 0.257 e. The van der Waals surface area contributed by atoms with E-state index in [1.165, 1.54) is 5.56 Å². The zero-order valence-corrected chi connectivity index (χ0v) is 12.3. The average Bonchev–Trinajstić information content (AvgIpc) is 3.04. The van der Waals surface area contributed by atoms with E-state index in [1.807, 2.05) is 30.4 Å². The molecule has 0 spiro atoms. The van der Waals surface area contributed by atoms with E-state index in [0.29, 0.717) is 11.5 Å². The number of nitrogens with zero attached hydrogens (tertiary/aromatic N) is 4. The minimum atomic E-state index is 0.0999. The van der Waals surface area contributed by atoms with E-state index in [2.05, 4.69) is 22.2 Å². The van der Waals surface area contributed by atoms with Crippen LogP contribution in [-0.2, 0) is 6.54 Å². The molecular formula is C16H20N4O. The Morgan fingerprint density at radius 2 is 2.00 bits per heavy atom. The maximum absolute atomic E-state index is 12.4. The van der Waals surface area contributed by atoms with Gasteiger partial charge in [-0.1, -0.05) is 0 Å². The Morgan fingerprint density at radius 3 is 2.62 bits per heavy atom. The van der Waals surface area contributed by atoms with Crippen molar-refractivity contribution in [1.29, 1.82) is 0 Å². The van der Waals surface area contributed by atoms with Crippen molar-refractivity contribution in [2.45, 2.75) is 32.2 Å². The number of hydrogen-bond acceptors (Lipinski definition) is 3. The van der Waals surface area contributed by atoms with Gasteiger partial charge in [0.15, 0.2) is 0 Å². The van der Waals surface area contributed by atoms with Crippen LogP contribution in [0.3, 0.4) is 0 Å². The van der Waals surface area contributed by atoms with Crippen molar-refractivity contribution in [2.75, 3.05) is 13.1 Å². The van der Waals surface area contributed by atoms with Crippen LogP contribution in [-0.4, -0.2) is 38.7 Å². The van der Waals surface area contributed by atoms with Crippen LogP contribution in [0.4, 0.5) is 0 Å². The minimum absolute atomic E-state index is 0.0999. The van der Waals surface area contributed by atoms with Gasteiger partial charge in [-0.3, -0.25) is 14.5 Å². The maximum atomic E-state index is 12.4. The lowest BCUT2D eigenvalue weighted by Crippen LogP contribution is -2.37. The lowest BCUT2D eigenvalue weighted by Gasteiger charge is -2.32. The first-order valence-electron chi connectivity index (χ1n) is 7.49. The summed E-state index contributed by atoms with van der Waals surface area (Å²) in [6.07, 6.45) is 9.20. The normalized spacial score (nSPS) is 16.1. The van der Waals surface area contributed by atoms with Gasteiger partial charge in [-0.25, -0.2) is 0 Å². The molecule has 0 saturated carbocycles. The third-order valence-corrected chi connectivity index (χ3v) is 4.16. The predicted octanol–water partition coefficient (Wildman–Crippen LogP) is 2.32. The second-order valence-electron chi connectivity index (χ2n) is 5.43. The minimum Gasteiger partial charge on any atom is -0.339 e. The molecule has 0 unspecified atom stereocenters. The molecule has 0 atom stereocenters. The van der Waals surface area contributed by atoms with Gasteiger partial charge in [-0.05, 0) is 43.4 Å². The summed E-state index contributed by atoms with van der Waals surface area (Å²) >= 11 is 0. The molecule has 1 aliphatic heterocycles. The van der Waals surface area contributed by atoms with Crippen LogP contribution >= 0.6 is 0 Å². The summed E-state index contributed by atoms with van der Waals surface area (Å²) in [5, 5.41) is 4.18. The molecule has 3 rings (SSSR count). The number of likely N-dealkylation sites (tertiary alicyclic amines) is 1. The van der Waals surface area contributed by atoms with E-state index in [0.717, 1.165) is 32.5 Å².